The Morgan fingerprint density at radius 1 is 0.826 bits per heavy atom. The smallest absolute Gasteiger partial charge is 0.258 e. The van der Waals surface area contributed by atoms with E-state index in [0.29, 0.717) is 0 Å². The number of fused-ring (bicyclic) bond motifs is 3. The van der Waals surface area contributed by atoms with Crippen LogP contribution in [0.25, 0.3) is 11.1 Å². The zero-order chi connectivity index (χ0) is 16.8. The highest BCUT2D eigenvalue weighted by Crippen LogP contribution is 2.54. The van der Waals surface area contributed by atoms with Gasteiger partial charge in [0.25, 0.3) is 11.4 Å². The fourth-order valence-corrected chi connectivity index (χ4v) is 3.71. The van der Waals surface area contributed by atoms with Crippen molar-refractivity contribution in [2.75, 3.05) is 0 Å². The van der Waals surface area contributed by atoms with Crippen molar-refractivity contribution >= 4 is 11.4 Å². The molecule has 0 saturated heterocycles. The number of nitrogens with zero attached hydrogens (tertiary/aromatic N) is 2. The van der Waals surface area contributed by atoms with E-state index in [4.69, 9.17) is 0 Å². The molecular formula is C17H16N2O4. The van der Waals surface area contributed by atoms with Gasteiger partial charge in [0.2, 0.25) is 0 Å². The molecule has 1 aliphatic rings. The summed E-state index contributed by atoms with van der Waals surface area (Å²) in [4.78, 5) is 21.4. The van der Waals surface area contributed by atoms with Crippen LogP contribution in [0.4, 0.5) is 11.4 Å². The number of hydrogen-bond donors (Lipinski definition) is 0. The van der Waals surface area contributed by atoms with Crippen LogP contribution < -0.4 is 0 Å². The zero-order valence-corrected chi connectivity index (χ0v) is 12.9. The molecule has 0 fully saturated rings. The normalized spacial score (nSPS) is 14.2. The second-order valence-corrected chi connectivity index (χ2v) is 5.76. The minimum Gasteiger partial charge on any atom is -0.258 e. The van der Waals surface area contributed by atoms with Gasteiger partial charge in [-0.05, 0) is 47.2 Å². The second kappa shape index (κ2) is 5.15. The van der Waals surface area contributed by atoms with Crippen LogP contribution >= 0.6 is 0 Å². The van der Waals surface area contributed by atoms with E-state index in [1.807, 2.05) is 13.8 Å². The Balaban J connectivity index is 2.32. The monoisotopic (exact) mass is 312 g/mol. The molecule has 0 unspecified atom stereocenters. The molecule has 1 aliphatic carbocycles. The fraction of sp³-hybridized carbons (Fsp3) is 0.294. The predicted molar refractivity (Wildman–Crippen MR) is 86.5 cm³/mol. The van der Waals surface area contributed by atoms with Gasteiger partial charge in [-0.15, -0.1) is 0 Å². The topological polar surface area (TPSA) is 86.3 Å². The molecule has 0 amide bonds. The standard InChI is InChI=1S/C17H16N2O4/c1-3-17(4-2)15-9-11(18(20)21)5-7-13(15)14-8-6-12(19(22)23)10-16(14)17/h5-10H,3-4H2,1-2H3. The van der Waals surface area contributed by atoms with Crippen molar-refractivity contribution in [3.8, 4) is 11.1 Å². The summed E-state index contributed by atoms with van der Waals surface area (Å²) in [5.41, 5.74) is 3.35. The Labute approximate surface area is 133 Å². The maximum absolute atomic E-state index is 11.1. The fourth-order valence-electron chi connectivity index (χ4n) is 3.71. The Morgan fingerprint density at radius 2 is 1.22 bits per heavy atom. The predicted octanol–water partition coefficient (Wildman–Crippen LogP) is 4.59. The van der Waals surface area contributed by atoms with Gasteiger partial charge >= 0.3 is 0 Å². The molecular weight excluding hydrogens is 296 g/mol. The van der Waals surface area contributed by atoms with Crippen molar-refractivity contribution < 1.29 is 9.85 Å². The van der Waals surface area contributed by atoms with E-state index >= 15 is 0 Å². The van der Waals surface area contributed by atoms with Gasteiger partial charge < -0.3 is 0 Å². The molecule has 23 heavy (non-hydrogen) atoms. The molecule has 2 aromatic rings. The average molecular weight is 312 g/mol. The van der Waals surface area contributed by atoms with Gasteiger partial charge in [0.15, 0.2) is 0 Å². The van der Waals surface area contributed by atoms with Crippen LogP contribution in [0.1, 0.15) is 37.8 Å². The van der Waals surface area contributed by atoms with Crippen LogP contribution in [0.15, 0.2) is 36.4 Å². The molecule has 0 atom stereocenters. The van der Waals surface area contributed by atoms with E-state index in [2.05, 4.69) is 0 Å². The maximum atomic E-state index is 11.1. The molecule has 118 valence electrons. The van der Waals surface area contributed by atoms with E-state index in [1.54, 1.807) is 24.3 Å². The van der Waals surface area contributed by atoms with Crippen molar-refractivity contribution in [3.05, 3.63) is 67.8 Å². The molecule has 0 aliphatic heterocycles. The molecule has 0 radical (unpaired) electrons. The molecule has 0 spiro atoms. The van der Waals surface area contributed by atoms with Gasteiger partial charge in [0.05, 0.1) is 9.85 Å². The summed E-state index contributed by atoms with van der Waals surface area (Å²) in [6.45, 7) is 4.03. The minimum absolute atomic E-state index is 0.0531. The van der Waals surface area contributed by atoms with Crippen molar-refractivity contribution in [2.24, 2.45) is 0 Å². The van der Waals surface area contributed by atoms with Crippen molar-refractivity contribution in [2.45, 2.75) is 32.1 Å². The van der Waals surface area contributed by atoms with Gasteiger partial charge in [-0.1, -0.05) is 13.8 Å². The third-order valence-corrected chi connectivity index (χ3v) is 4.96. The first-order chi connectivity index (χ1) is 10.9. The Bertz CT molecular complexity index is 760. The second-order valence-electron chi connectivity index (χ2n) is 5.76. The summed E-state index contributed by atoms with van der Waals surface area (Å²) < 4.78 is 0. The van der Waals surface area contributed by atoms with E-state index in [1.165, 1.54) is 12.1 Å². The van der Waals surface area contributed by atoms with Crippen molar-refractivity contribution in [1.82, 2.24) is 0 Å². The van der Waals surface area contributed by atoms with Crippen LogP contribution in [0.5, 0.6) is 0 Å². The molecule has 2 aromatic carbocycles. The van der Waals surface area contributed by atoms with E-state index < -0.39 is 15.3 Å². The Hall–Kier alpha value is -2.76. The number of nitro groups is 2. The lowest BCUT2D eigenvalue weighted by atomic mass is 9.74. The molecule has 6 nitrogen and oxygen atoms in total. The average Bonchev–Trinajstić information content (AvgIpc) is 2.83. The quantitative estimate of drug-likeness (QED) is 0.610. The summed E-state index contributed by atoms with van der Waals surface area (Å²) in [6, 6.07) is 9.73. The molecule has 0 heterocycles. The highest BCUT2D eigenvalue weighted by molar-refractivity contribution is 5.83. The number of rotatable bonds is 4. The molecule has 0 bridgehead atoms. The Morgan fingerprint density at radius 3 is 1.52 bits per heavy atom. The Kier molecular flexibility index (Phi) is 3.39. The van der Waals surface area contributed by atoms with Gasteiger partial charge in [-0.25, -0.2) is 0 Å². The SMILES string of the molecule is CCC1(CC)c2cc([N+](=O)[O-])ccc2-c2ccc([N+](=O)[O-])cc21. The third kappa shape index (κ3) is 2.02. The van der Waals surface area contributed by atoms with Gasteiger partial charge in [-0.3, -0.25) is 20.2 Å². The van der Waals surface area contributed by atoms with Gasteiger partial charge in [-0.2, -0.15) is 0 Å². The van der Waals surface area contributed by atoms with E-state index in [-0.39, 0.29) is 11.4 Å². The summed E-state index contributed by atoms with van der Waals surface area (Å²) in [7, 11) is 0. The third-order valence-electron chi connectivity index (χ3n) is 4.96. The first-order valence-corrected chi connectivity index (χ1v) is 7.52. The van der Waals surface area contributed by atoms with Crippen molar-refractivity contribution in [1.29, 1.82) is 0 Å². The lowest BCUT2D eigenvalue weighted by Crippen LogP contribution is -2.23. The largest absolute Gasteiger partial charge is 0.269 e. The van der Waals surface area contributed by atoms with Crippen LogP contribution in [-0.4, -0.2) is 9.85 Å². The van der Waals surface area contributed by atoms with Crippen LogP contribution in [0.2, 0.25) is 0 Å². The lowest BCUT2D eigenvalue weighted by molar-refractivity contribution is -0.385. The van der Waals surface area contributed by atoms with Crippen molar-refractivity contribution in [3.63, 3.8) is 0 Å². The molecule has 3 rings (SSSR count). The van der Waals surface area contributed by atoms with Crippen LogP contribution in [-0.2, 0) is 5.41 Å². The minimum atomic E-state index is -0.414. The summed E-state index contributed by atoms with van der Waals surface area (Å²) in [5, 5.41) is 22.2. The number of nitro benzene ring substituents is 2. The molecule has 0 saturated carbocycles. The molecule has 0 aromatic heterocycles. The first-order valence-electron chi connectivity index (χ1n) is 7.52. The number of benzene rings is 2. The summed E-state index contributed by atoms with van der Waals surface area (Å²) in [6.07, 6.45) is 1.46. The van der Waals surface area contributed by atoms with Crippen LogP contribution in [0, 0.1) is 20.2 Å². The van der Waals surface area contributed by atoms with Gasteiger partial charge in [0.1, 0.15) is 0 Å². The van der Waals surface area contributed by atoms with E-state index in [9.17, 15) is 20.2 Å². The summed E-state index contributed by atoms with van der Waals surface area (Å²) >= 11 is 0. The lowest BCUT2D eigenvalue weighted by Gasteiger charge is -2.29. The molecule has 6 heteroatoms. The zero-order valence-electron chi connectivity index (χ0n) is 12.9. The molecule has 0 N–H and O–H groups in total. The highest BCUT2D eigenvalue weighted by atomic mass is 16.6. The highest BCUT2D eigenvalue weighted by Gasteiger charge is 2.42. The number of non-ortho nitro benzene ring substituents is 2. The summed E-state index contributed by atoms with van der Waals surface area (Å²) in [5.74, 6) is 0. The van der Waals surface area contributed by atoms with Gasteiger partial charge in [0, 0.05) is 29.7 Å². The van der Waals surface area contributed by atoms with Crippen LogP contribution in [0.3, 0.4) is 0 Å². The van der Waals surface area contributed by atoms with E-state index in [0.717, 1.165) is 35.1 Å². The maximum Gasteiger partial charge on any atom is 0.269 e. The number of hydrogen-bond acceptors (Lipinski definition) is 4. The first kappa shape index (κ1) is 15.1.